The van der Waals surface area contributed by atoms with Crippen molar-refractivity contribution in [2.24, 2.45) is 0 Å². The van der Waals surface area contributed by atoms with Gasteiger partial charge in [0, 0.05) is 0 Å². The van der Waals surface area contributed by atoms with Crippen molar-refractivity contribution in [2.75, 3.05) is 0 Å². The van der Waals surface area contributed by atoms with Gasteiger partial charge in [-0.1, -0.05) is 8.01 Å². The third-order valence-electron chi connectivity index (χ3n) is 1.33. The van der Waals surface area contributed by atoms with E-state index in [-0.39, 0.29) is 0 Å². The minimum Gasteiger partial charge on any atom is -0.207 e. The second-order valence-corrected chi connectivity index (χ2v) is 5.50. The number of hydrogen-bond acceptors (Lipinski definition) is 4. The maximum Gasteiger partial charge on any atom is 0.385 e. The fourth-order valence-electron chi connectivity index (χ4n) is 0.793. The molecule has 0 heterocycles. The van der Waals surface area contributed by atoms with Crippen LogP contribution in [-0.4, -0.2) is 16.8 Å². The van der Waals surface area contributed by atoms with E-state index in [1.165, 1.54) is 0 Å². The van der Waals surface area contributed by atoms with Gasteiger partial charge >= 0.3 is 10.4 Å². The summed E-state index contributed by atoms with van der Waals surface area (Å²) >= 11 is 0. The Morgan fingerprint density at radius 2 is 1.47 bits per heavy atom. The van der Waals surface area contributed by atoms with Gasteiger partial charge in [0.15, 0.2) is 0 Å². The molecule has 0 fully saturated rings. The highest BCUT2D eigenvalue weighted by atomic mass is 32.3. The first kappa shape index (κ1) is 12.0. The molecule has 1 aromatic carbocycles. The van der Waals surface area contributed by atoms with E-state index in [1.54, 1.807) is 0 Å². The van der Waals surface area contributed by atoms with E-state index in [4.69, 9.17) is 0 Å². The van der Waals surface area contributed by atoms with Crippen molar-refractivity contribution in [1.82, 2.24) is 4.13 Å². The monoisotopic (exact) mass is 257 g/mol. The van der Waals surface area contributed by atoms with Crippen molar-refractivity contribution < 1.29 is 25.1 Å². The van der Waals surface area contributed by atoms with Gasteiger partial charge in [-0.15, -0.1) is 0 Å². The molecule has 0 aliphatic carbocycles. The Kier molecular flexibility index (Phi) is 3.07. The van der Waals surface area contributed by atoms with Gasteiger partial charge in [0.05, 0.1) is 4.90 Å². The second kappa shape index (κ2) is 3.83. The molecule has 5 nitrogen and oxygen atoms in total. The van der Waals surface area contributed by atoms with Crippen LogP contribution in [0.4, 0.5) is 8.28 Å². The lowest BCUT2D eigenvalue weighted by Gasteiger charge is -2.01. The van der Waals surface area contributed by atoms with Crippen molar-refractivity contribution in [1.29, 1.82) is 0 Å². The Balaban J connectivity index is 3.13. The highest BCUT2D eigenvalue weighted by molar-refractivity contribution is 8.02. The van der Waals surface area contributed by atoms with Crippen molar-refractivity contribution in [2.45, 2.75) is 4.90 Å². The van der Waals surface area contributed by atoms with Gasteiger partial charge in [0.25, 0.3) is 10.0 Å². The minimum atomic E-state index is -5.37. The maximum atomic E-state index is 12.4. The molecule has 0 aliphatic heterocycles. The first-order valence-electron chi connectivity index (χ1n) is 3.44. The summed E-state index contributed by atoms with van der Waals surface area (Å²) < 4.78 is 67.6. The summed E-state index contributed by atoms with van der Waals surface area (Å²) in [5.41, 5.74) is 0. The molecule has 9 heteroatoms. The van der Waals surface area contributed by atoms with E-state index in [0.717, 1.165) is 28.4 Å². The number of hydrogen-bond donors (Lipinski definition) is 1. The number of sulfonamides is 1. The molecule has 0 radical (unpaired) electrons. The van der Waals surface area contributed by atoms with Crippen LogP contribution in [0.1, 0.15) is 0 Å². The van der Waals surface area contributed by atoms with Crippen molar-refractivity contribution in [3.05, 3.63) is 30.1 Å². The summed E-state index contributed by atoms with van der Waals surface area (Å²) in [5.74, 6) is -0.697. The predicted octanol–water partition coefficient (Wildman–Crippen LogP) is 0.318. The molecule has 84 valence electrons. The van der Waals surface area contributed by atoms with E-state index >= 15 is 0 Å². The Morgan fingerprint density at radius 1 is 1.00 bits per heavy atom. The molecule has 1 aromatic rings. The molecular weight excluding hydrogens is 252 g/mol. The highest BCUT2D eigenvalue weighted by Gasteiger charge is 2.21. The van der Waals surface area contributed by atoms with Crippen LogP contribution in [0.15, 0.2) is 29.2 Å². The second-order valence-electron chi connectivity index (χ2n) is 2.48. The zero-order valence-electron chi connectivity index (χ0n) is 7.01. The van der Waals surface area contributed by atoms with Crippen LogP contribution in [0.25, 0.3) is 0 Å². The lowest BCUT2D eigenvalue weighted by molar-refractivity contribution is 0.542. The largest absolute Gasteiger partial charge is 0.385 e. The molecule has 0 saturated carbocycles. The molecule has 0 amide bonds. The van der Waals surface area contributed by atoms with Crippen LogP contribution in [0.3, 0.4) is 0 Å². The lowest BCUT2D eigenvalue weighted by atomic mass is 10.4. The first-order chi connectivity index (χ1) is 6.71. The summed E-state index contributed by atoms with van der Waals surface area (Å²) in [6.45, 7) is 0. The number of benzene rings is 1. The molecule has 1 rings (SSSR count). The van der Waals surface area contributed by atoms with Gasteiger partial charge < -0.3 is 0 Å². The molecule has 0 aliphatic rings. The van der Waals surface area contributed by atoms with Gasteiger partial charge in [0.2, 0.25) is 0 Å². The molecule has 0 aromatic heterocycles. The zero-order chi connectivity index (χ0) is 11.7. The van der Waals surface area contributed by atoms with Crippen LogP contribution >= 0.6 is 0 Å². The van der Waals surface area contributed by atoms with Gasteiger partial charge in [-0.2, -0.15) is 8.42 Å². The van der Waals surface area contributed by atoms with Crippen LogP contribution in [0, 0.1) is 5.82 Å². The van der Waals surface area contributed by atoms with E-state index in [0.29, 0.717) is 0 Å². The topological polar surface area (TPSA) is 80.3 Å². The molecule has 1 N–H and O–H groups in total. The van der Waals surface area contributed by atoms with Crippen LogP contribution < -0.4 is 4.13 Å². The lowest BCUT2D eigenvalue weighted by Crippen LogP contribution is -2.27. The summed E-state index contributed by atoms with van der Waals surface area (Å²) in [4.78, 5) is -0.551. The van der Waals surface area contributed by atoms with Crippen LogP contribution in [0.2, 0.25) is 0 Å². The maximum absolute atomic E-state index is 12.4. The number of rotatable bonds is 3. The predicted molar refractivity (Wildman–Crippen MR) is 46.7 cm³/mol. The van der Waals surface area contributed by atoms with Crippen molar-refractivity contribution >= 4 is 20.4 Å². The Bertz CT molecular complexity index is 549. The summed E-state index contributed by atoms with van der Waals surface area (Å²) in [6.07, 6.45) is 0. The van der Waals surface area contributed by atoms with Gasteiger partial charge in [-0.05, 0) is 24.3 Å². The summed E-state index contributed by atoms with van der Waals surface area (Å²) in [7, 11) is -9.89. The summed E-state index contributed by atoms with van der Waals surface area (Å²) in [5, 5.41) is 0. The standard InChI is InChI=1S/C6H5F2NO4S2/c7-5-1-3-6(4-2-5)14(10,11)9-15(8,12)13/h1-4,9H. The van der Waals surface area contributed by atoms with Crippen LogP contribution in [-0.2, 0) is 20.4 Å². The molecule has 0 unspecified atom stereocenters. The van der Waals surface area contributed by atoms with E-state index in [1.807, 2.05) is 0 Å². The van der Waals surface area contributed by atoms with Gasteiger partial charge in [0.1, 0.15) is 5.82 Å². The molecule has 0 saturated heterocycles. The Hall–Kier alpha value is -1.06. The fraction of sp³-hybridized carbons (Fsp3) is 0. The van der Waals surface area contributed by atoms with Gasteiger partial charge in [-0.25, -0.2) is 12.8 Å². The smallest absolute Gasteiger partial charge is 0.207 e. The molecule has 0 spiro atoms. The fourth-order valence-corrected chi connectivity index (χ4v) is 2.72. The van der Waals surface area contributed by atoms with Crippen molar-refractivity contribution in [3.8, 4) is 0 Å². The van der Waals surface area contributed by atoms with E-state index in [2.05, 4.69) is 0 Å². The third-order valence-corrected chi connectivity index (χ3v) is 3.90. The molecule has 0 atom stereocenters. The quantitative estimate of drug-likeness (QED) is 0.791. The normalized spacial score (nSPS) is 12.7. The zero-order valence-corrected chi connectivity index (χ0v) is 8.65. The summed E-state index contributed by atoms with van der Waals surface area (Å²) in [6, 6.07) is 3.23. The Morgan fingerprint density at radius 3 is 1.87 bits per heavy atom. The SMILES string of the molecule is O=S(=O)(F)NS(=O)(=O)c1ccc(F)cc1. The first-order valence-corrected chi connectivity index (χ1v) is 6.31. The molecule has 0 bridgehead atoms. The highest BCUT2D eigenvalue weighted by Crippen LogP contribution is 2.10. The van der Waals surface area contributed by atoms with E-state index in [9.17, 15) is 25.1 Å². The van der Waals surface area contributed by atoms with E-state index < -0.39 is 31.1 Å². The molecular formula is C6H5F2NO4S2. The van der Waals surface area contributed by atoms with Crippen LogP contribution in [0.5, 0.6) is 0 Å². The average Bonchev–Trinajstić information content (AvgIpc) is 2.00. The Labute approximate surface area is 85.1 Å². The number of nitrogens with one attached hydrogen (secondary N) is 1. The van der Waals surface area contributed by atoms with Gasteiger partial charge in [-0.3, -0.25) is 0 Å². The number of halogens is 2. The third kappa shape index (κ3) is 3.53. The average molecular weight is 257 g/mol. The molecule has 15 heavy (non-hydrogen) atoms. The minimum absolute atomic E-state index is 0.551. The van der Waals surface area contributed by atoms with Crippen molar-refractivity contribution in [3.63, 3.8) is 0 Å².